The molecule has 1 unspecified atom stereocenters. The molecular formula is C11H14ClNO3. The average Bonchev–Trinajstić information content (AvgIpc) is 2.74. The van der Waals surface area contributed by atoms with E-state index in [0.717, 1.165) is 0 Å². The van der Waals surface area contributed by atoms with Gasteiger partial charge in [-0.25, -0.2) is 0 Å². The number of ether oxygens (including phenoxy) is 2. The van der Waals surface area contributed by atoms with Gasteiger partial charge in [-0.3, -0.25) is 4.79 Å². The van der Waals surface area contributed by atoms with E-state index in [-0.39, 0.29) is 31.0 Å². The van der Waals surface area contributed by atoms with Gasteiger partial charge < -0.3 is 14.8 Å². The second kappa shape index (κ2) is 5.18. The van der Waals surface area contributed by atoms with Gasteiger partial charge in [-0.1, -0.05) is 6.07 Å². The average molecular weight is 244 g/mol. The molecule has 1 aromatic carbocycles. The molecule has 88 valence electrons. The normalized spacial score (nSPS) is 14.1. The van der Waals surface area contributed by atoms with Gasteiger partial charge >= 0.3 is 0 Å². The Morgan fingerprint density at radius 2 is 2.19 bits per heavy atom. The van der Waals surface area contributed by atoms with E-state index in [9.17, 15) is 4.79 Å². The summed E-state index contributed by atoms with van der Waals surface area (Å²) in [6.07, 6.45) is 0. The van der Waals surface area contributed by atoms with Crippen LogP contribution in [0.4, 0.5) is 0 Å². The molecule has 1 N–H and O–H groups in total. The molecule has 0 amide bonds. The molecule has 1 aliphatic rings. The fourth-order valence-electron chi connectivity index (χ4n) is 1.49. The van der Waals surface area contributed by atoms with Crippen LogP contribution < -0.4 is 14.8 Å². The summed E-state index contributed by atoms with van der Waals surface area (Å²) in [6, 6.07) is 5.12. The van der Waals surface area contributed by atoms with Gasteiger partial charge in [-0.2, -0.15) is 0 Å². The summed E-state index contributed by atoms with van der Waals surface area (Å²) in [7, 11) is 1.75. The van der Waals surface area contributed by atoms with Gasteiger partial charge in [-0.05, 0) is 26.1 Å². The highest BCUT2D eigenvalue weighted by Gasteiger charge is 2.23. The Kier molecular flexibility index (Phi) is 4.15. The number of hydrogen-bond acceptors (Lipinski definition) is 4. The number of rotatable bonds is 3. The molecule has 0 saturated heterocycles. The highest BCUT2D eigenvalue weighted by Crippen LogP contribution is 2.35. The van der Waals surface area contributed by atoms with Crippen LogP contribution in [0.5, 0.6) is 11.5 Å². The number of Topliss-reactive ketones (excluding diaryl/α,β-unsaturated/α-hetero) is 1. The number of hydrogen-bond donors (Lipinski definition) is 1. The molecule has 16 heavy (non-hydrogen) atoms. The molecule has 0 fully saturated rings. The maximum atomic E-state index is 11.9. The summed E-state index contributed by atoms with van der Waals surface area (Å²) >= 11 is 0. The predicted molar refractivity (Wildman–Crippen MR) is 62.7 cm³/mol. The maximum absolute atomic E-state index is 11.9. The highest BCUT2D eigenvalue weighted by atomic mass is 35.5. The quantitative estimate of drug-likeness (QED) is 0.820. The highest BCUT2D eigenvalue weighted by molar-refractivity contribution is 6.02. The lowest BCUT2D eigenvalue weighted by Crippen LogP contribution is -2.30. The monoisotopic (exact) mass is 243 g/mol. The lowest BCUT2D eigenvalue weighted by atomic mass is 10.0. The number of ketones is 1. The van der Waals surface area contributed by atoms with Crippen LogP contribution in [0.1, 0.15) is 17.3 Å². The zero-order valence-electron chi connectivity index (χ0n) is 9.15. The Morgan fingerprint density at radius 3 is 2.88 bits per heavy atom. The van der Waals surface area contributed by atoms with Crippen LogP contribution in [0.3, 0.4) is 0 Å². The number of nitrogens with one attached hydrogen (secondary N) is 1. The van der Waals surface area contributed by atoms with Gasteiger partial charge in [0.25, 0.3) is 0 Å². The maximum Gasteiger partial charge on any atom is 0.231 e. The Hall–Kier alpha value is -1.26. The van der Waals surface area contributed by atoms with Gasteiger partial charge in [-0.15, -0.1) is 12.4 Å². The molecular weight excluding hydrogens is 230 g/mol. The third kappa shape index (κ3) is 2.13. The third-order valence-electron chi connectivity index (χ3n) is 2.49. The number of fused-ring (bicyclic) bond motifs is 1. The van der Waals surface area contributed by atoms with Crippen LogP contribution >= 0.6 is 12.4 Å². The minimum Gasteiger partial charge on any atom is -0.454 e. The lowest BCUT2D eigenvalue weighted by molar-refractivity contribution is 0.0950. The molecule has 2 rings (SSSR count). The van der Waals surface area contributed by atoms with Crippen molar-refractivity contribution in [3.63, 3.8) is 0 Å². The number of para-hydroxylation sites is 1. The van der Waals surface area contributed by atoms with E-state index in [1.807, 2.05) is 6.92 Å². The first-order valence-electron chi connectivity index (χ1n) is 4.84. The fraction of sp³-hybridized carbons (Fsp3) is 0.364. The summed E-state index contributed by atoms with van der Waals surface area (Å²) in [5.41, 5.74) is 0.576. The van der Waals surface area contributed by atoms with Crippen molar-refractivity contribution < 1.29 is 14.3 Å². The van der Waals surface area contributed by atoms with Crippen molar-refractivity contribution in [1.82, 2.24) is 5.32 Å². The third-order valence-corrected chi connectivity index (χ3v) is 2.49. The van der Waals surface area contributed by atoms with Crippen molar-refractivity contribution in [3.8, 4) is 11.5 Å². The molecule has 1 atom stereocenters. The van der Waals surface area contributed by atoms with Crippen LogP contribution in [0.2, 0.25) is 0 Å². The predicted octanol–water partition coefficient (Wildman–Crippen LogP) is 1.63. The number of carbonyl (C=O) groups is 1. The zero-order valence-corrected chi connectivity index (χ0v) is 9.97. The van der Waals surface area contributed by atoms with Gasteiger partial charge in [0.2, 0.25) is 6.79 Å². The van der Waals surface area contributed by atoms with Crippen LogP contribution in [-0.2, 0) is 0 Å². The molecule has 1 heterocycles. The molecule has 0 aromatic heterocycles. The molecule has 1 aromatic rings. The molecule has 4 nitrogen and oxygen atoms in total. The topological polar surface area (TPSA) is 47.6 Å². The summed E-state index contributed by atoms with van der Waals surface area (Å²) in [5, 5.41) is 2.91. The van der Waals surface area contributed by atoms with E-state index in [1.165, 1.54) is 0 Å². The van der Waals surface area contributed by atoms with Gasteiger partial charge in [0, 0.05) is 0 Å². The Bertz CT molecular complexity index is 395. The molecule has 0 aliphatic carbocycles. The Balaban J connectivity index is 0.00000128. The van der Waals surface area contributed by atoms with Gasteiger partial charge in [0.15, 0.2) is 17.3 Å². The lowest BCUT2D eigenvalue weighted by Gasteiger charge is -2.10. The van der Waals surface area contributed by atoms with E-state index in [1.54, 1.807) is 25.2 Å². The van der Waals surface area contributed by atoms with Gasteiger partial charge in [0.1, 0.15) is 0 Å². The number of benzene rings is 1. The molecule has 0 spiro atoms. The first kappa shape index (κ1) is 12.8. The molecule has 5 heteroatoms. The Morgan fingerprint density at radius 1 is 1.44 bits per heavy atom. The van der Waals surface area contributed by atoms with Gasteiger partial charge in [0.05, 0.1) is 11.6 Å². The summed E-state index contributed by atoms with van der Waals surface area (Å²) in [5.74, 6) is 1.22. The van der Waals surface area contributed by atoms with Crippen LogP contribution in [0, 0.1) is 0 Å². The summed E-state index contributed by atoms with van der Waals surface area (Å²) in [6.45, 7) is 2.01. The van der Waals surface area contributed by atoms with E-state index in [4.69, 9.17) is 9.47 Å². The van der Waals surface area contributed by atoms with Crippen LogP contribution in [0.15, 0.2) is 18.2 Å². The van der Waals surface area contributed by atoms with Crippen molar-refractivity contribution in [2.75, 3.05) is 13.8 Å². The Labute approximate surface area is 100 Å². The van der Waals surface area contributed by atoms with E-state index in [2.05, 4.69) is 5.32 Å². The molecule has 0 bridgehead atoms. The summed E-state index contributed by atoms with van der Waals surface area (Å²) in [4.78, 5) is 11.9. The zero-order chi connectivity index (χ0) is 10.8. The van der Waals surface area contributed by atoms with Crippen LogP contribution in [0.25, 0.3) is 0 Å². The first-order valence-corrected chi connectivity index (χ1v) is 4.84. The van der Waals surface area contributed by atoms with E-state index >= 15 is 0 Å². The minimum absolute atomic E-state index is 0. The molecule has 0 saturated carbocycles. The van der Waals surface area contributed by atoms with Crippen molar-refractivity contribution in [1.29, 1.82) is 0 Å². The number of likely N-dealkylation sites (N-methyl/N-ethyl adjacent to an activating group) is 1. The second-order valence-electron chi connectivity index (χ2n) is 3.41. The van der Waals surface area contributed by atoms with Crippen LogP contribution in [-0.4, -0.2) is 25.7 Å². The van der Waals surface area contributed by atoms with E-state index < -0.39 is 0 Å². The first-order chi connectivity index (χ1) is 7.24. The van der Waals surface area contributed by atoms with E-state index in [0.29, 0.717) is 17.1 Å². The van der Waals surface area contributed by atoms with Crippen molar-refractivity contribution >= 4 is 18.2 Å². The standard InChI is InChI=1S/C11H13NO3.ClH/c1-7(12-2)10(13)8-4-3-5-9-11(8)15-6-14-9;/h3-5,7,12H,6H2,1-2H3;1H. The molecule has 1 aliphatic heterocycles. The smallest absolute Gasteiger partial charge is 0.231 e. The van der Waals surface area contributed by atoms with Crippen molar-refractivity contribution in [3.05, 3.63) is 23.8 Å². The largest absolute Gasteiger partial charge is 0.454 e. The second-order valence-corrected chi connectivity index (χ2v) is 3.41. The fourth-order valence-corrected chi connectivity index (χ4v) is 1.49. The van der Waals surface area contributed by atoms with Crippen molar-refractivity contribution in [2.45, 2.75) is 13.0 Å². The molecule has 0 radical (unpaired) electrons. The minimum atomic E-state index is -0.222. The number of carbonyl (C=O) groups excluding carboxylic acids is 1. The number of halogens is 1. The van der Waals surface area contributed by atoms with Crippen molar-refractivity contribution in [2.24, 2.45) is 0 Å². The SMILES string of the molecule is CNC(C)C(=O)c1cccc2c1OCO2.Cl. The summed E-state index contributed by atoms with van der Waals surface area (Å²) < 4.78 is 10.5.